The molecule has 1 aromatic carbocycles. The van der Waals surface area contributed by atoms with Crippen molar-refractivity contribution in [3.63, 3.8) is 0 Å². The number of hydrogen-bond donors (Lipinski definition) is 1. The molecule has 0 aliphatic rings. The van der Waals surface area contributed by atoms with Crippen molar-refractivity contribution in [2.75, 3.05) is 5.75 Å². The van der Waals surface area contributed by atoms with Crippen LogP contribution in [0.25, 0.3) is 10.9 Å². The van der Waals surface area contributed by atoms with Gasteiger partial charge in [-0.1, -0.05) is 37.7 Å². The standard InChI is InChI=1S/C19H27N3O2S/c1-13(2)10-11-22-17(24)14-8-6-7-9-15(14)20-18(22)25-12-16(23)21-19(3,4)5/h6-9,13H,10-12H2,1-5H3,(H,21,23). The zero-order chi connectivity index (χ0) is 18.6. The van der Waals surface area contributed by atoms with Gasteiger partial charge in [0.15, 0.2) is 5.16 Å². The molecule has 0 unspecified atom stereocenters. The summed E-state index contributed by atoms with van der Waals surface area (Å²) in [5.74, 6) is 0.666. The molecule has 0 radical (unpaired) electrons. The van der Waals surface area contributed by atoms with Crippen molar-refractivity contribution in [2.45, 2.75) is 58.3 Å². The number of carbonyl (C=O) groups excluding carboxylic acids is 1. The molecule has 0 aliphatic heterocycles. The van der Waals surface area contributed by atoms with Crippen molar-refractivity contribution in [3.8, 4) is 0 Å². The van der Waals surface area contributed by atoms with Gasteiger partial charge in [0, 0.05) is 12.1 Å². The van der Waals surface area contributed by atoms with Gasteiger partial charge in [-0.15, -0.1) is 0 Å². The average Bonchev–Trinajstić information content (AvgIpc) is 2.50. The zero-order valence-corrected chi connectivity index (χ0v) is 16.4. The smallest absolute Gasteiger partial charge is 0.262 e. The van der Waals surface area contributed by atoms with Gasteiger partial charge in [0.1, 0.15) is 0 Å². The molecule has 0 atom stereocenters. The third-order valence-electron chi connectivity index (χ3n) is 3.60. The molecule has 0 aliphatic carbocycles. The molecule has 6 heteroatoms. The molecular weight excluding hydrogens is 334 g/mol. The first kappa shape index (κ1) is 19.5. The lowest BCUT2D eigenvalue weighted by Crippen LogP contribution is -2.41. The van der Waals surface area contributed by atoms with E-state index < -0.39 is 0 Å². The fraction of sp³-hybridized carbons (Fsp3) is 0.526. The van der Waals surface area contributed by atoms with Gasteiger partial charge >= 0.3 is 0 Å². The summed E-state index contributed by atoms with van der Waals surface area (Å²) < 4.78 is 1.71. The van der Waals surface area contributed by atoms with Crippen LogP contribution < -0.4 is 10.9 Å². The summed E-state index contributed by atoms with van der Waals surface area (Å²) in [6.45, 7) is 10.7. The van der Waals surface area contributed by atoms with Crippen molar-refractivity contribution in [3.05, 3.63) is 34.6 Å². The SMILES string of the molecule is CC(C)CCn1c(SCC(=O)NC(C)(C)C)nc2ccccc2c1=O. The molecule has 2 rings (SSSR count). The summed E-state index contributed by atoms with van der Waals surface area (Å²) >= 11 is 1.32. The first-order valence-corrected chi connectivity index (χ1v) is 9.59. The van der Waals surface area contributed by atoms with E-state index in [1.165, 1.54) is 11.8 Å². The number of thioether (sulfide) groups is 1. The molecule has 1 N–H and O–H groups in total. The van der Waals surface area contributed by atoms with Crippen LogP contribution in [-0.4, -0.2) is 26.8 Å². The molecule has 0 fully saturated rings. The second-order valence-corrected chi connectivity index (χ2v) is 8.58. The number of fused-ring (bicyclic) bond motifs is 1. The highest BCUT2D eigenvalue weighted by atomic mass is 32.2. The quantitative estimate of drug-likeness (QED) is 0.632. The van der Waals surface area contributed by atoms with E-state index in [2.05, 4.69) is 24.1 Å². The van der Waals surface area contributed by atoms with Crippen LogP contribution >= 0.6 is 11.8 Å². The number of carbonyl (C=O) groups is 1. The second kappa shape index (κ2) is 8.04. The van der Waals surface area contributed by atoms with Crippen molar-refractivity contribution in [2.24, 2.45) is 5.92 Å². The maximum absolute atomic E-state index is 12.8. The lowest BCUT2D eigenvalue weighted by molar-refractivity contribution is -0.119. The summed E-state index contributed by atoms with van der Waals surface area (Å²) in [7, 11) is 0. The van der Waals surface area contributed by atoms with E-state index in [1.54, 1.807) is 10.6 Å². The minimum Gasteiger partial charge on any atom is -0.351 e. The third kappa shape index (κ3) is 5.59. The summed E-state index contributed by atoms with van der Waals surface area (Å²) in [5, 5.41) is 4.16. The normalized spacial score (nSPS) is 11.9. The lowest BCUT2D eigenvalue weighted by Gasteiger charge is -2.20. The van der Waals surface area contributed by atoms with Gasteiger partial charge in [-0.25, -0.2) is 4.98 Å². The Morgan fingerprint density at radius 1 is 1.28 bits per heavy atom. The Kier molecular flexibility index (Phi) is 6.27. The fourth-order valence-electron chi connectivity index (χ4n) is 2.43. The zero-order valence-electron chi connectivity index (χ0n) is 15.6. The molecule has 25 heavy (non-hydrogen) atoms. The maximum atomic E-state index is 12.8. The van der Waals surface area contributed by atoms with Gasteiger partial charge in [-0.3, -0.25) is 14.2 Å². The molecule has 0 spiro atoms. The first-order chi connectivity index (χ1) is 11.7. The largest absolute Gasteiger partial charge is 0.351 e. The average molecular weight is 362 g/mol. The Morgan fingerprint density at radius 3 is 2.60 bits per heavy atom. The van der Waals surface area contributed by atoms with Crippen LogP contribution in [0.1, 0.15) is 41.0 Å². The van der Waals surface area contributed by atoms with Crippen LogP contribution in [0.4, 0.5) is 0 Å². The van der Waals surface area contributed by atoms with E-state index in [1.807, 2.05) is 39.0 Å². The number of rotatable bonds is 6. The van der Waals surface area contributed by atoms with Crippen molar-refractivity contribution >= 4 is 28.6 Å². The van der Waals surface area contributed by atoms with Gasteiger partial charge in [-0.2, -0.15) is 0 Å². The molecule has 0 bridgehead atoms. The van der Waals surface area contributed by atoms with Crippen molar-refractivity contribution in [1.29, 1.82) is 0 Å². The van der Waals surface area contributed by atoms with Crippen molar-refractivity contribution in [1.82, 2.24) is 14.9 Å². The monoisotopic (exact) mass is 361 g/mol. The predicted molar refractivity (Wildman–Crippen MR) is 104 cm³/mol. The number of nitrogens with zero attached hydrogens (tertiary/aromatic N) is 2. The Hall–Kier alpha value is -1.82. The summed E-state index contributed by atoms with van der Waals surface area (Å²) in [6, 6.07) is 7.36. The number of benzene rings is 1. The molecule has 1 amide bonds. The highest BCUT2D eigenvalue weighted by Gasteiger charge is 2.16. The van der Waals surface area contributed by atoms with E-state index >= 15 is 0 Å². The minimum absolute atomic E-state index is 0.0371. The van der Waals surface area contributed by atoms with Gasteiger partial charge in [-0.05, 0) is 45.2 Å². The first-order valence-electron chi connectivity index (χ1n) is 8.61. The van der Waals surface area contributed by atoms with Gasteiger partial charge in [0.25, 0.3) is 5.56 Å². The van der Waals surface area contributed by atoms with E-state index in [9.17, 15) is 9.59 Å². The minimum atomic E-state index is -0.272. The Bertz CT molecular complexity index is 806. The van der Waals surface area contributed by atoms with Crippen LogP contribution in [0, 0.1) is 5.92 Å². The third-order valence-corrected chi connectivity index (χ3v) is 4.58. The van der Waals surface area contributed by atoms with Crippen LogP contribution in [-0.2, 0) is 11.3 Å². The highest BCUT2D eigenvalue weighted by molar-refractivity contribution is 7.99. The molecule has 0 saturated heterocycles. The van der Waals surface area contributed by atoms with Crippen LogP contribution in [0.2, 0.25) is 0 Å². The Labute approximate surface area is 153 Å². The van der Waals surface area contributed by atoms with Crippen LogP contribution in [0.5, 0.6) is 0 Å². The molecular formula is C19H27N3O2S. The predicted octanol–water partition coefficient (Wildman–Crippen LogP) is 3.45. The molecule has 1 aromatic heterocycles. The number of amides is 1. The van der Waals surface area contributed by atoms with Crippen molar-refractivity contribution < 1.29 is 4.79 Å². The Morgan fingerprint density at radius 2 is 1.96 bits per heavy atom. The van der Waals surface area contributed by atoms with Crippen LogP contribution in [0.3, 0.4) is 0 Å². The molecule has 1 heterocycles. The lowest BCUT2D eigenvalue weighted by atomic mass is 10.1. The number of aromatic nitrogens is 2. The molecule has 5 nitrogen and oxygen atoms in total. The van der Waals surface area contributed by atoms with E-state index in [4.69, 9.17) is 0 Å². The number of nitrogens with one attached hydrogen (secondary N) is 1. The number of para-hydroxylation sites is 1. The van der Waals surface area contributed by atoms with Gasteiger partial charge < -0.3 is 5.32 Å². The fourth-order valence-corrected chi connectivity index (χ4v) is 3.25. The molecule has 2 aromatic rings. The van der Waals surface area contributed by atoms with E-state index in [0.717, 1.165) is 6.42 Å². The maximum Gasteiger partial charge on any atom is 0.262 e. The summed E-state index contributed by atoms with van der Waals surface area (Å²) in [6.07, 6.45) is 0.891. The van der Waals surface area contributed by atoms with Gasteiger partial charge in [0.05, 0.1) is 16.7 Å². The summed E-state index contributed by atoms with van der Waals surface area (Å²) in [5.41, 5.74) is 0.364. The van der Waals surface area contributed by atoms with E-state index in [0.29, 0.717) is 28.5 Å². The topological polar surface area (TPSA) is 64.0 Å². The van der Waals surface area contributed by atoms with E-state index in [-0.39, 0.29) is 22.8 Å². The summed E-state index contributed by atoms with van der Waals surface area (Å²) in [4.78, 5) is 29.6. The second-order valence-electron chi connectivity index (χ2n) is 7.64. The molecule has 0 saturated carbocycles. The van der Waals surface area contributed by atoms with Crippen LogP contribution in [0.15, 0.2) is 34.2 Å². The number of hydrogen-bond acceptors (Lipinski definition) is 4. The van der Waals surface area contributed by atoms with Gasteiger partial charge in [0.2, 0.25) is 5.91 Å². The molecule has 136 valence electrons. The highest BCUT2D eigenvalue weighted by Crippen LogP contribution is 2.19. The Balaban J connectivity index is 2.31.